The third-order valence-electron chi connectivity index (χ3n) is 2.46. The predicted octanol–water partition coefficient (Wildman–Crippen LogP) is 0.245. The number of aliphatic hydroxyl groups excluding tert-OH is 2. The molecule has 0 spiro atoms. The van der Waals surface area contributed by atoms with Gasteiger partial charge in [-0.3, -0.25) is 4.99 Å². The first-order valence-corrected chi connectivity index (χ1v) is 5.38. The molecule has 4 nitrogen and oxygen atoms in total. The van der Waals surface area contributed by atoms with Gasteiger partial charge in [0.1, 0.15) is 0 Å². The van der Waals surface area contributed by atoms with Crippen molar-refractivity contribution in [1.29, 1.82) is 0 Å². The number of aliphatic imine (C=N–C) groups is 1. The molecule has 1 heterocycles. The molecule has 0 radical (unpaired) electrons. The van der Waals surface area contributed by atoms with Gasteiger partial charge in [-0.2, -0.15) is 0 Å². The fraction of sp³-hybridized carbons (Fsp3) is 0.900. The average Bonchev–Trinajstić information content (AvgIpc) is 2.61. The molecular formula is C10H20N2O2. The summed E-state index contributed by atoms with van der Waals surface area (Å²) >= 11 is 0. The molecule has 0 saturated heterocycles. The molecule has 1 rings (SSSR count). The Balaban J connectivity index is 2.15. The fourth-order valence-corrected chi connectivity index (χ4v) is 1.70. The number of hydrogen-bond acceptors (Lipinski definition) is 4. The van der Waals surface area contributed by atoms with Crippen molar-refractivity contribution in [3.8, 4) is 0 Å². The number of nitrogens with zero attached hydrogens (tertiary/aromatic N) is 2. The van der Waals surface area contributed by atoms with Crippen LogP contribution >= 0.6 is 0 Å². The molecule has 0 fully saturated rings. The van der Waals surface area contributed by atoms with E-state index < -0.39 is 0 Å². The van der Waals surface area contributed by atoms with Gasteiger partial charge in [0.25, 0.3) is 0 Å². The van der Waals surface area contributed by atoms with E-state index in [1.165, 1.54) is 0 Å². The normalized spacial score (nSPS) is 16.1. The van der Waals surface area contributed by atoms with E-state index in [9.17, 15) is 0 Å². The van der Waals surface area contributed by atoms with Gasteiger partial charge in [0.15, 0.2) is 0 Å². The third-order valence-corrected chi connectivity index (χ3v) is 2.46. The fourth-order valence-electron chi connectivity index (χ4n) is 1.70. The molecule has 0 saturated carbocycles. The van der Waals surface area contributed by atoms with Crippen LogP contribution in [0.4, 0.5) is 0 Å². The third kappa shape index (κ3) is 3.64. The summed E-state index contributed by atoms with van der Waals surface area (Å²) in [5.41, 5.74) is 0. The first-order chi connectivity index (χ1) is 6.88. The van der Waals surface area contributed by atoms with Crippen LogP contribution in [0.1, 0.15) is 25.7 Å². The predicted molar refractivity (Wildman–Crippen MR) is 56.5 cm³/mol. The minimum absolute atomic E-state index is 0.204. The van der Waals surface area contributed by atoms with E-state index in [4.69, 9.17) is 10.2 Å². The zero-order valence-electron chi connectivity index (χ0n) is 8.65. The van der Waals surface area contributed by atoms with Crippen molar-refractivity contribution in [3.05, 3.63) is 0 Å². The second-order valence-electron chi connectivity index (χ2n) is 3.54. The highest BCUT2D eigenvalue weighted by Gasteiger charge is 2.14. The maximum atomic E-state index is 8.82. The van der Waals surface area contributed by atoms with Crippen molar-refractivity contribution in [3.63, 3.8) is 0 Å². The molecule has 0 aromatic heterocycles. The number of rotatable bonds is 7. The van der Waals surface area contributed by atoms with Gasteiger partial charge in [-0.25, -0.2) is 0 Å². The van der Waals surface area contributed by atoms with Crippen LogP contribution in [0.5, 0.6) is 0 Å². The summed E-state index contributed by atoms with van der Waals surface area (Å²) in [6.45, 7) is 3.02. The maximum Gasteiger partial charge on any atom is 0.0991 e. The first kappa shape index (κ1) is 11.5. The van der Waals surface area contributed by atoms with Crippen LogP contribution in [-0.4, -0.2) is 53.8 Å². The van der Waals surface area contributed by atoms with Gasteiger partial charge in [-0.1, -0.05) is 6.42 Å². The standard InChI is InChI=1S/C10H20N2O2/c13-8-3-1-2-4-10-11-5-6-12(10)7-9-14/h13-14H,1-9H2. The number of β-amino-alcohol motifs (C(OH)–C–C–N with tert-alkyl or cyclic N) is 1. The number of hydrogen-bond donors (Lipinski definition) is 2. The zero-order chi connectivity index (χ0) is 10.2. The SMILES string of the molecule is OCCCCCC1=NCCN1CCO. The maximum absolute atomic E-state index is 8.82. The van der Waals surface area contributed by atoms with Crippen LogP contribution in [-0.2, 0) is 0 Å². The summed E-state index contributed by atoms with van der Waals surface area (Å²) in [6, 6.07) is 0. The molecule has 0 aliphatic carbocycles. The lowest BCUT2D eigenvalue weighted by molar-refractivity contribution is 0.254. The van der Waals surface area contributed by atoms with Crippen LogP contribution in [0.25, 0.3) is 0 Å². The van der Waals surface area contributed by atoms with Gasteiger partial charge in [0.05, 0.1) is 19.0 Å². The highest BCUT2D eigenvalue weighted by atomic mass is 16.3. The molecule has 14 heavy (non-hydrogen) atoms. The topological polar surface area (TPSA) is 56.1 Å². The van der Waals surface area contributed by atoms with Crippen molar-refractivity contribution in [2.45, 2.75) is 25.7 Å². The molecule has 1 aliphatic rings. The second kappa shape index (κ2) is 6.79. The molecular weight excluding hydrogens is 180 g/mol. The Morgan fingerprint density at radius 1 is 1.14 bits per heavy atom. The molecule has 0 bridgehead atoms. The van der Waals surface area contributed by atoms with Crippen molar-refractivity contribution in [2.75, 3.05) is 32.8 Å². The zero-order valence-corrected chi connectivity index (χ0v) is 8.65. The van der Waals surface area contributed by atoms with E-state index in [2.05, 4.69) is 9.89 Å². The van der Waals surface area contributed by atoms with Crippen LogP contribution < -0.4 is 0 Å². The van der Waals surface area contributed by atoms with Crippen LogP contribution in [0.15, 0.2) is 4.99 Å². The lowest BCUT2D eigenvalue weighted by atomic mass is 10.2. The number of aliphatic hydroxyl groups is 2. The summed E-state index contributed by atoms with van der Waals surface area (Å²) in [7, 11) is 0. The Kier molecular flexibility index (Phi) is 5.56. The smallest absolute Gasteiger partial charge is 0.0991 e. The minimum atomic E-state index is 0.204. The van der Waals surface area contributed by atoms with Crippen LogP contribution in [0, 0.1) is 0 Å². The van der Waals surface area contributed by atoms with Crippen LogP contribution in [0.2, 0.25) is 0 Å². The molecule has 4 heteroatoms. The van der Waals surface area contributed by atoms with E-state index in [-0.39, 0.29) is 13.2 Å². The van der Waals surface area contributed by atoms with Crippen molar-refractivity contribution in [1.82, 2.24) is 4.90 Å². The molecule has 82 valence electrons. The van der Waals surface area contributed by atoms with Gasteiger partial charge in [-0.15, -0.1) is 0 Å². The molecule has 1 aliphatic heterocycles. The number of amidine groups is 1. The van der Waals surface area contributed by atoms with E-state index in [0.29, 0.717) is 6.54 Å². The molecule has 0 aromatic carbocycles. The Bertz CT molecular complexity index is 183. The molecule has 0 unspecified atom stereocenters. The first-order valence-electron chi connectivity index (χ1n) is 5.38. The van der Waals surface area contributed by atoms with E-state index in [1.54, 1.807) is 0 Å². The molecule has 0 atom stereocenters. The largest absolute Gasteiger partial charge is 0.396 e. The van der Waals surface area contributed by atoms with E-state index >= 15 is 0 Å². The van der Waals surface area contributed by atoms with Crippen molar-refractivity contribution < 1.29 is 10.2 Å². The Morgan fingerprint density at radius 2 is 2.00 bits per heavy atom. The highest BCUT2D eigenvalue weighted by molar-refractivity contribution is 5.83. The summed E-state index contributed by atoms with van der Waals surface area (Å²) < 4.78 is 0. The van der Waals surface area contributed by atoms with Crippen LogP contribution in [0.3, 0.4) is 0 Å². The van der Waals surface area contributed by atoms with Gasteiger partial charge < -0.3 is 15.1 Å². The Hall–Kier alpha value is -0.610. The average molecular weight is 200 g/mol. The van der Waals surface area contributed by atoms with Gasteiger partial charge in [0.2, 0.25) is 0 Å². The summed E-state index contributed by atoms with van der Waals surface area (Å²) in [5.74, 6) is 1.14. The van der Waals surface area contributed by atoms with E-state index in [1.807, 2.05) is 0 Å². The van der Waals surface area contributed by atoms with Gasteiger partial charge in [0, 0.05) is 26.1 Å². The Morgan fingerprint density at radius 3 is 2.71 bits per heavy atom. The summed E-state index contributed by atoms with van der Waals surface area (Å²) in [4.78, 5) is 6.55. The van der Waals surface area contributed by atoms with Crippen molar-refractivity contribution >= 4 is 5.84 Å². The second-order valence-corrected chi connectivity index (χ2v) is 3.54. The lowest BCUT2D eigenvalue weighted by Crippen LogP contribution is -2.30. The molecule has 2 N–H and O–H groups in total. The summed E-state index contributed by atoms with van der Waals surface area (Å²) in [6.07, 6.45) is 4.01. The highest BCUT2D eigenvalue weighted by Crippen LogP contribution is 2.09. The molecule has 0 amide bonds. The number of unbranched alkanes of at least 4 members (excludes halogenated alkanes) is 2. The van der Waals surface area contributed by atoms with Gasteiger partial charge in [-0.05, 0) is 12.8 Å². The lowest BCUT2D eigenvalue weighted by Gasteiger charge is -2.18. The molecule has 0 aromatic rings. The van der Waals surface area contributed by atoms with Gasteiger partial charge >= 0.3 is 0 Å². The van der Waals surface area contributed by atoms with Crippen molar-refractivity contribution in [2.24, 2.45) is 4.99 Å². The summed E-state index contributed by atoms with van der Waals surface area (Å²) in [5, 5.41) is 17.4. The Labute approximate surface area is 85.3 Å². The quantitative estimate of drug-likeness (QED) is 0.579. The van der Waals surface area contributed by atoms with E-state index in [0.717, 1.165) is 44.6 Å². The monoisotopic (exact) mass is 200 g/mol. The minimum Gasteiger partial charge on any atom is -0.396 e.